The smallest absolute Gasteiger partial charge is 0.238 e. The number of allylic oxidation sites excluding steroid dienone is 1. The van der Waals surface area contributed by atoms with Crippen molar-refractivity contribution < 1.29 is 26.4 Å². The topological polar surface area (TPSA) is 104 Å². The Kier molecular flexibility index (Phi) is 4.89. The van der Waals surface area contributed by atoms with Crippen molar-refractivity contribution in [3.63, 3.8) is 0 Å². The minimum atomic E-state index is -3.77. The average molecular weight is 425 g/mol. The molecule has 4 rings (SSSR count). The van der Waals surface area contributed by atoms with Crippen molar-refractivity contribution in [1.29, 1.82) is 0 Å². The van der Waals surface area contributed by atoms with Gasteiger partial charge in [-0.05, 0) is 73.7 Å². The van der Waals surface area contributed by atoms with Crippen LogP contribution in [0.15, 0.2) is 74.4 Å². The van der Waals surface area contributed by atoms with Crippen molar-refractivity contribution in [3.8, 4) is 11.3 Å². The van der Waals surface area contributed by atoms with E-state index in [1.165, 1.54) is 42.5 Å². The lowest BCUT2D eigenvalue weighted by Gasteiger charge is -2.00. The van der Waals surface area contributed by atoms with E-state index in [4.69, 9.17) is 14.0 Å². The summed E-state index contributed by atoms with van der Waals surface area (Å²) in [5, 5.41) is 5.64. The van der Waals surface area contributed by atoms with Gasteiger partial charge in [-0.2, -0.15) is 0 Å². The molecule has 0 bridgehead atoms. The summed E-state index contributed by atoms with van der Waals surface area (Å²) in [4.78, 5) is 12.5. The van der Waals surface area contributed by atoms with Gasteiger partial charge in [-0.25, -0.2) is 17.9 Å². The van der Waals surface area contributed by atoms with Crippen molar-refractivity contribution in [3.05, 3.63) is 83.6 Å². The van der Waals surface area contributed by atoms with Gasteiger partial charge in [0, 0.05) is 16.5 Å². The molecule has 8 heteroatoms. The molecule has 0 fully saturated rings. The van der Waals surface area contributed by atoms with Crippen molar-refractivity contribution in [2.24, 2.45) is 5.14 Å². The van der Waals surface area contributed by atoms with Crippen LogP contribution in [0.4, 0.5) is 4.39 Å². The molecule has 6 nitrogen and oxygen atoms in total. The van der Waals surface area contributed by atoms with Gasteiger partial charge in [-0.1, -0.05) is 0 Å². The first-order valence-corrected chi connectivity index (χ1v) is 10.4. The third kappa shape index (κ3) is 3.83. The molecule has 2 heterocycles. The van der Waals surface area contributed by atoms with E-state index in [0.717, 1.165) is 0 Å². The van der Waals surface area contributed by atoms with Crippen LogP contribution in [0, 0.1) is 12.7 Å². The van der Waals surface area contributed by atoms with E-state index in [1.807, 2.05) is 0 Å². The van der Waals surface area contributed by atoms with Gasteiger partial charge in [-0.15, -0.1) is 0 Å². The van der Waals surface area contributed by atoms with Crippen LogP contribution < -0.4 is 5.14 Å². The Bertz CT molecular complexity index is 1400. The van der Waals surface area contributed by atoms with Gasteiger partial charge in [0.1, 0.15) is 22.9 Å². The summed E-state index contributed by atoms with van der Waals surface area (Å²) in [6, 6.07) is 13.4. The first-order chi connectivity index (χ1) is 14.2. The van der Waals surface area contributed by atoms with Crippen LogP contribution in [0.1, 0.15) is 21.9 Å². The zero-order valence-corrected chi connectivity index (χ0v) is 16.6. The van der Waals surface area contributed by atoms with Gasteiger partial charge in [0.2, 0.25) is 15.8 Å². The Morgan fingerprint density at radius 2 is 1.77 bits per heavy atom. The van der Waals surface area contributed by atoms with Gasteiger partial charge < -0.3 is 8.83 Å². The maximum Gasteiger partial charge on any atom is 0.238 e. The Labute approximate surface area is 171 Å². The number of hydrogen-bond acceptors (Lipinski definition) is 5. The summed E-state index contributed by atoms with van der Waals surface area (Å²) in [6.07, 6.45) is 2.81. The molecule has 0 aliphatic heterocycles. The highest BCUT2D eigenvalue weighted by Gasteiger charge is 2.16. The van der Waals surface area contributed by atoms with Gasteiger partial charge >= 0.3 is 0 Å². The number of hydrogen-bond donors (Lipinski definition) is 1. The molecule has 0 aliphatic carbocycles. The summed E-state index contributed by atoms with van der Waals surface area (Å²) < 4.78 is 47.3. The standard InChI is InChI=1S/C22H16FNO5S/c1-13-18-12-15(23)4-10-21(18)29-22(13)19(25)9-5-16-6-11-20(28-16)14-2-7-17(8-3-14)30(24,26)27/h2-12H,1H3,(H2,24,26,27). The van der Waals surface area contributed by atoms with Gasteiger partial charge in [0.25, 0.3) is 0 Å². The van der Waals surface area contributed by atoms with Crippen molar-refractivity contribution in [1.82, 2.24) is 0 Å². The van der Waals surface area contributed by atoms with Gasteiger partial charge in [-0.3, -0.25) is 4.79 Å². The minimum absolute atomic E-state index is 0.00427. The molecule has 2 aromatic heterocycles. The summed E-state index contributed by atoms with van der Waals surface area (Å²) in [5.74, 6) is 0.282. The van der Waals surface area contributed by atoms with E-state index in [0.29, 0.717) is 33.6 Å². The zero-order chi connectivity index (χ0) is 21.5. The third-order valence-electron chi connectivity index (χ3n) is 4.62. The molecule has 4 aromatic rings. The molecule has 0 atom stereocenters. The number of rotatable bonds is 5. The molecule has 0 saturated carbocycles. The van der Waals surface area contributed by atoms with Crippen LogP contribution in [0.2, 0.25) is 0 Å². The molecule has 0 unspecified atom stereocenters. The number of sulfonamides is 1. The molecule has 0 aliphatic rings. The molecule has 2 aromatic carbocycles. The Balaban J connectivity index is 1.55. The van der Waals surface area contributed by atoms with Crippen LogP contribution in [0.25, 0.3) is 28.4 Å². The number of carbonyl (C=O) groups excluding carboxylic acids is 1. The molecular weight excluding hydrogens is 409 g/mol. The SMILES string of the molecule is Cc1c(C(=O)C=Cc2ccc(-c3ccc(S(N)(=O)=O)cc3)o2)oc2ccc(F)cc12. The van der Waals surface area contributed by atoms with E-state index in [2.05, 4.69) is 0 Å². The molecule has 0 radical (unpaired) electrons. The van der Waals surface area contributed by atoms with E-state index in [1.54, 1.807) is 31.2 Å². The van der Waals surface area contributed by atoms with Crippen LogP contribution in [0.3, 0.4) is 0 Å². The van der Waals surface area contributed by atoms with Gasteiger partial charge in [0.05, 0.1) is 4.90 Å². The highest BCUT2D eigenvalue weighted by Crippen LogP contribution is 2.27. The summed E-state index contributed by atoms with van der Waals surface area (Å²) in [6.45, 7) is 1.70. The van der Waals surface area contributed by atoms with Crippen molar-refractivity contribution in [2.45, 2.75) is 11.8 Å². The van der Waals surface area contributed by atoms with E-state index in [9.17, 15) is 17.6 Å². The predicted molar refractivity (Wildman–Crippen MR) is 110 cm³/mol. The molecular formula is C22H16FNO5S. The lowest BCUT2D eigenvalue weighted by molar-refractivity contribution is 0.102. The van der Waals surface area contributed by atoms with Crippen molar-refractivity contribution in [2.75, 3.05) is 0 Å². The number of nitrogens with two attached hydrogens (primary N) is 1. The molecule has 0 spiro atoms. The number of fused-ring (bicyclic) bond motifs is 1. The highest BCUT2D eigenvalue weighted by molar-refractivity contribution is 7.89. The Morgan fingerprint density at radius 1 is 1.03 bits per heavy atom. The van der Waals surface area contributed by atoms with E-state index >= 15 is 0 Å². The molecule has 152 valence electrons. The maximum atomic E-state index is 13.4. The van der Waals surface area contributed by atoms with E-state index < -0.39 is 15.8 Å². The minimum Gasteiger partial charge on any atom is -0.457 e. The number of furan rings is 2. The summed E-state index contributed by atoms with van der Waals surface area (Å²) >= 11 is 0. The maximum absolute atomic E-state index is 13.4. The predicted octanol–water partition coefficient (Wildman–Crippen LogP) is 4.68. The quantitative estimate of drug-likeness (QED) is 0.369. The molecule has 30 heavy (non-hydrogen) atoms. The number of aryl methyl sites for hydroxylation is 1. The average Bonchev–Trinajstić information content (AvgIpc) is 3.31. The Morgan fingerprint density at radius 3 is 2.47 bits per heavy atom. The summed E-state index contributed by atoms with van der Waals surface area (Å²) in [5.41, 5.74) is 1.66. The number of benzene rings is 2. The lowest BCUT2D eigenvalue weighted by atomic mass is 10.1. The normalized spacial score (nSPS) is 12.1. The fraction of sp³-hybridized carbons (Fsp3) is 0.0455. The molecule has 2 N–H and O–H groups in total. The summed E-state index contributed by atoms with van der Waals surface area (Å²) in [7, 11) is -3.77. The monoisotopic (exact) mass is 425 g/mol. The second-order valence-corrected chi connectivity index (χ2v) is 8.23. The van der Waals surface area contributed by atoms with Gasteiger partial charge in [0.15, 0.2) is 5.76 Å². The first kappa shape index (κ1) is 19.8. The fourth-order valence-electron chi connectivity index (χ4n) is 3.07. The lowest BCUT2D eigenvalue weighted by Crippen LogP contribution is -2.11. The largest absolute Gasteiger partial charge is 0.457 e. The van der Waals surface area contributed by atoms with E-state index in [-0.39, 0.29) is 16.4 Å². The van der Waals surface area contributed by atoms with Crippen LogP contribution in [0.5, 0.6) is 0 Å². The Hall–Kier alpha value is -3.49. The fourth-order valence-corrected chi connectivity index (χ4v) is 3.58. The number of halogens is 1. The first-order valence-electron chi connectivity index (χ1n) is 8.86. The highest BCUT2D eigenvalue weighted by atomic mass is 32.2. The zero-order valence-electron chi connectivity index (χ0n) is 15.8. The second-order valence-electron chi connectivity index (χ2n) is 6.67. The van der Waals surface area contributed by atoms with Crippen LogP contribution >= 0.6 is 0 Å². The molecule has 0 saturated heterocycles. The second kappa shape index (κ2) is 7.40. The number of ketones is 1. The number of primary sulfonamides is 1. The third-order valence-corrected chi connectivity index (χ3v) is 5.54. The molecule has 0 amide bonds. The van der Waals surface area contributed by atoms with Crippen LogP contribution in [-0.4, -0.2) is 14.2 Å². The number of carbonyl (C=O) groups is 1. The van der Waals surface area contributed by atoms with Crippen LogP contribution in [-0.2, 0) is 10.0 Å². The van der Waals surface area contributed by atoms with Crippen molar-refractivity contribution >= 4 is 32.9 Å².